The first-order chi connectivity index (χ1) is 11.6. The van der Waals surface area contributed by atoms with Crippen LogP contribution >= 0.6 is 11.3 Å². The minimum atomic E-state index is -0.569. The summed E-state index contributed by atoms with van der Waals surface area (Å²) in [6.45, 7) is 1.28. The molecular formula is C16H20N2O5S. The molecule has 0 radical (unpaired) electrons. The second kappa shape index (κ2) is 9.19. The maximum Gasteiger partial charge on any atom is 0.360 e. The molecule has 7 nitrogen and oxygen atoms in total. The summed E-state index contributed by atoms with van der Waals surface area (Å²) >= 11 is 1.54. The maximum absolute atomic E-state index is 12.5. The summed E-state index contributed by atoms with van der Waals surface area (Å²) in [6, 6.07) is 3.84. The van der Waals surface area contributed by atoms with Gasteiger partial charge in [-0.15, -0.1) is 11.3 Å². The van der Waals surface area contributed by atoms with Crippen LogP contribution in [-0.2, 0) is 27.2 Å². The molecule has 2 heterocycles. The molecule has 0 unspecified atom stereocenters. The van der Waals surface area contributed by atoms with Crippen LogP contribution in [0.1, 0.15) is 27.7 Å². The monoisotopic (exact) mass is 352 g/mol. The summed E-state index contributed by atoms with van der Waals surface area (Å²) < 4.78 is 14.9. The minimum Gasteiger partial charge on any atom is -0.464 e. The number of rotatable bonds is 9. The van der Waals surface area contributed by atoms with Crippen LogP contribution in [0.4, 0.5) is 0 Å². The first-order valence-electron chi connectivity index (χ1n) is 7.46. The number of aromatic nitrogens is 1. The van der Waals surface area contributed by atoms with E-state index in [0.29, 0.717) is 31.9 Å². The molecule has 0 fully saturated rings. The van der Waals surface area contributed by atoms with E-state index in [0.717, 1.165) is 4.88 Å². The summed E-state index contributed by atoms with van der Waals surface area (Å²) in [6.07, 6.45) is 2.27. The van der Waals surface area contributed by atoms with Crippen molar-refractivity contribution in [2.24, 2.45) is 0 Å². The van der Waals surface area contributed by atoms with Gasteiger partial charge in [0.05, 0.1) is 20.1 Å². The predicted molar refractivity (Wildman–Crippen MR) is 87.8 cm³/mol. The van der Waals surface area contributed by atoms with Gasteiger partial charge in [0.15, 0.2) is 5.69 Å². The first kappa shape index (κ1) is 18.2. The molecule has 2 rings (SSSR count). The van der Waals surface area contributed by atoms with Crippen molar-refractivity contribution in [3.63, 3.8) is 0 Å². The molecule has 2 aromatic heterocycles. The molecule has 0 aromatic carbocycles. The maximum atomic E-state index is 12.5. The van der Waals surface area contributed by atoms with Gasteiger partial charge in [-0.25, -0.2) is 9.78 Å². The molecule has 0 aliphatic carbocycles. The molecule has 0 N–H and O–H groups in total. The van der Waals surface area contributed by atoms with Crippen molar-refractivity contribution in [3.05, 3.63) is 40.2 Å². The van der Waals surface area contributed by atoms with E-state index in [9.17, 15) is 9.59 Å². The van der Waals surface area contributed by atoms with Crippen molar-refractivity contribution < 1.29 is 23.5 Å². The number of oxazole rings is 1. The van der Waals surface area contributed by atoms with Crippen LogP contribution in [0.3, 0.4) is 0 Å². The lowest BCUT2D eigenvalue weighted by Gasteiger charge is -2.20. The highest BCUT2D eigenvalue weighted by Crippen LogP contribution is 2.13. The van der Waals surface area contributed by atoms with Crippen molar-refractivity contribution in [2.45, 2.75) is 19.4 Å². The lowest BCUT2D eigenvalue weighted by atomic mass is 10.3. The first-order valence-corrected chi connectivity index (χ1v) is 8.33. The number of carbonyl (C=O) groups is 2. The van der Waals surface area contributed by atoms with Gasteiger partial charge in [0.1, 0.15) is 6.26 Å². The molecule has 130 valence electrons. The number of thiophene rings is 1. The van der Waals surface area contributed by atoms with E-state index in [1.807, 2.05) is 17.5 Å². The standard InChI is InChI=1S/C16H20N2O5S/c1-21-7-4-6-18(15(19)9-12-5-3-8-24-12)10-14-17-13(11-23-14)16(20)22-2/h3,5,8,11H,4,6-7,9-10H2,1-2H3. The number of ether oxygens (including phenoxy) is 2. The van der Waals surface area contributed by atoms with Crippen molar-refractivity contribution >= 4 is 23.2 Å². The van der Waals surface area contributed by atoms with Gasteiger partial charge in [0.25, 0.3) is 0 Å². The van der Waals surface area contributed by atoms with Gasteiger partial charge >= 0.3 is 5.97 Å². The summed E-state index contributed by atoms with van der Waals surface area (Å²) in [7, 11) is 2.90. The van der Waals surface area contributed by atoms with E-state index in [-0.39, 0.29) is 18.1 Å². The topological polar surface area (TPSA) is 81.9 Å². The van der Waals surface area contributed by atoms with Crippen molar-refractivity contribution in [1.29, 1.82) is 0 Å². The van der Waals surface area contributed by atoms with E-state index in [4.69, 9.17) is 9.15 Å². The summed E-state index contributed by atoms with van der Waals surface area (Å²) in [5, 5.41) is 1.94. The normalized spacial score (nSPS) is 10.6. The zero-order valence-electron chi connectivity index (χ0n) is 13.7. The SMILES string of the molecule is COCCCN(Cc1nc(C(=O)OC)co1)C(=O)Cc1cccs1. The Balaban J connectivity index is 2.03. The van der Waals surface area contributed by atoms with Gasteiger partial charge < -0.3 is 18.8 Å². The molecule has 0 bridgehead atoms. The highest BCUT2D eigenvalue weighted by Gasteiger charge is 2.19. The molecule has 1 amide bonds. The number of carbonyl (C=O) groups excluding carboxylic acids is 2. The van der Waals surface area contributed by atoms with Crippen molar-refractivity contribution in [2.75, 3.05) is 27.4 Å². The highest BCUT2D eigenvalue weighted by molar-refractivity contribution is 7.10. The Morgan fingerprint density at radius 3 is 2.88 bits per heavy atom. The average molecular weight is 352 g/mol. The predicted octanol–water partition coefficient (Wildman–Crippen LogP) is 2.13. The Morgan fingerprint density at radius 2 is 2.21 bits per heavy atom. The number of methoxy groups -OCH3 is 2. The number of hydrogen-bond donors (Lipinski definition) is 0. The molecule has 2 aromatic rings. The molecule has 0 spiro atoms. The van der Waals surface area contributed by atoms with Gasteiger partial charge in [-0.3, -0.25) is 4.79 Å². The largest absolute Gasteiger partial charge is 0.464 e. The van der Waals surface area contributed by atoms with Crippen LogP contribution in [0.2, 0.25) is 0 Å². The zero-order chi connectivity index (χ0) is 17.4. The average Bonchev–Trinajstić information content (AvgIpc) is 3.25. The summed E-state index contributed by atoms with van der Waals surface area (Å²) in [5.74, 6) is -0.292. The van der Waals surface area contributed by atoms with Gasteiger partial charge in [0.2, 0.25) is 11.8 Å². The second-order valence-corrected chi connectivity index (χ2v) is 6.07. The molecule has 0 aliphatic heterocycles. The summed E-state index contributed by atoms with van der Waals surface area (Å²) in [4.78, 5) is 30.7. The molecule has 0 saturated carbocycles. The number of nitrogens with zero attached hydrogens (tertiary/aromatic N) is 2. The molecule has 8 heteroatoms. The Labute approximate surface area is 144 Å². The smallest absolute Gasteiger partial charge is 0.360 e. The molecule has 0 saturated heterocycles. The van der Waals surface area contributed by atoms with Crippen molar-refractivity contribution in [1.82, 2.24) is 9.88 Å². The Kier molecular flexibility index (Phi) is 6.95. The quantitative estimate of drug-likeness (QED) is 0.508. The van der Waals surface area contributed by atoms with Gasteiger partial charge in [-0.2, -0.15) is 0 Å². The fourth-order valence-corrected chi connectivity index (χ4v) is 2.81. The Morgan fingerprint density at radius 1 is 1.38 bits per heavy atom. The van der Waals surface area contributed by atoms with E-state index in [2.05, 4.69) is 9.72 Å². The zero-order valence-corrected chi connectivity index (χ0v) is 14.5. The van der Waals surface area contributed by atoms with E-state index < -0.39 is 5.97 Å². The van der Waals surface area contributed by atoms with Crippen LogP contribution in [-0.4, -0.2) is 49.1 Å². The minimum absolute atomic E-state index is 0.0219. The van der Waals surface area contributed by atoms with E-state index in [1.54, 1.807) is 23.3 Å². The molecule has 0 aliphatic rings. The van der Waals surface area contributed by atoms with Crippen LogP contribution < -0.4 is 0 Å². The van der Waals surface area contributed by atoms with Gasteiger partial charge in [0, 0.05) is 25.1 Å². The van der Waals surface area contributed by atoms with Crippen LogP contribution in [0, 0.1) is 0 Å². The molecule has 0 atom stereocenters. The highest BCUT2D eigenvalue weighted by atomic mass is 32.1. The van der Waals surface area contributed by atoms with Gasteiger partial charge in [-0.05, 0) is 17.9 Å². The van der Waals surface area contributed by atoms with E-state index >= 15 is 0 Å². The second-order valence-electron chi connectivity index (χ2n) is 5.04. The van der Waals surface area contributed by atoms with Gasteiger partial charge in [-0.1, -0.05) is 6.07 Å². The Bertz CT molecular complexity index is 653. The summed E-state index contributed by atoms with van der Waals surface area (Å²) in [5.41, 5.74) is 0.0926. The van der Waals surface area contributed by atoms with Crippen LogP contribution in [0.25, 0.3) is 0 Å². The lowest BCUT2D eigenvalue weighted by Crippen LogP contribution is -2.33. The molecule has 24 heavy (non-hydrogen) atoms. The van der Waals surface area contributed by atoms with Crippen LogP contribution in [0.15, 0.2) is 28.2 Å². The fraction of sp³-hybridized carbons (Fsp3) is 0.438. The third-order valence-electron chi connectivity index (χ3n) is 3.31. The number of hydrogen-bond acceptors (Lipinski definition) is 7. The third kappa shape index (κ3) is 5.17. The fourth-order valence-electron chi connectivity index (χ4n) is 2.11. The van der Waals surface area contributed by atoms with Crippen LogP contribution in [0.5, 0.6) is 0 Å². The number of amides is 1. The van der Waals surface area contributed by atoms with E-state index in [1.165, 1.54) is 13.4 Å². The molecular weight excluding hydrogens is 332 g/mol. The Hall–Kier alpha value is -2.19. The van der Waals surface area contributed by atoms with Crippen molar-refractivity contribution in [3.8, 4) is 0 Å². The lowest BCUT2D eigenvalue weighted by molar-refractivity contribution is -0.131. The third-order valence-corrected chi connectivity index (χ3v) is 4.18. The number of esters is 1.